The molecule has 4 heterocycles. The van der Waals surface area contributed by atoms with Crippen LogP contribution in [-0.4, -0.2) is 24.7 Å². The van der Waals surface area contributed by atoms with Crippen molar-refractivity contribution in [3.8, 4) is 23.0 Å². The molecule has 6 nitrogen and oxygen atoms in total. The number of rotatable bonds is 2. The first-order valence-corrected chi connectivity index (χ1v) is 7.10. The molecule has 6 heteroatoms. The van der Waals surface area contributed by atoms with Gasteiger partial charge in [0.2, 0.25) is 5.82 Å². The molecule has 0 saturated heterocycles. The van der Waals surface area contributed by atoms with E-state index < -0.39 is 0 Å². The van der Waals surface area contributed by atoms with Crippen molar-refractivity contribution in [2.24, 2.45) is 5.92 Å². The van der Waals surface area contributed by atoms with Gasteiger partial charge >= 0.3 is 0 Å². The fraction of sp³-hybridized carbons (Fsp3) is 0.333. The van der Waals surface area contributed by atoms with Gasteiger partial charge < -0.3 is 9.09 Å². The second-order valence-electron chi connectivity index (χ2n) is 5.50. The monoisotopic (exact) mass is 281 g/mol. The highest BCUT2D eigenvalue weighted by atomic mass is 16.5. The number of aryl methyl sites for hydroxylation is 1. The van der Waals surface area contributed by atoms with E-state index in [1.807, 2.05) is 18.3 Å². The Morgan fingerprint density at radius 1 is 1.24 bits per heavy atom. The molecule has 0 aliphatic carbocycles. The Hall–Kier alpha value is -2.50. The van der Waals surface area contributed by atoms with E-state index in [0.29, 0.717) is 17.6 Å². The minimum absolute atomic E-state index is 0.469. The zero-order valence-corrected chi connectivity index (χ0v) is 11.7. The summed E-state index contributed by atoms with van der Waals surface area (Å²) in [6, 6.07) is 3.71. The van der Waals surface area contributed by atoms with Crippen LogP contribution in [0.3, 0.4) is 0 Å². The largest absolute Gasteiger partial charge is 0.334 e. The highest BCUT2D eigenvalue weighted by molar-refractivity contribution is 5.56. The van der Waals surface area contributed by atoms with E-state index in [0.717, 1.165) is 30.0 Å². The van der Waals surface area contributed by atoms with Crippen LogP contribution in [0.5, 0.6) is 0 Å². The Kier molecular flexibility index (Phi) is 2.80. The Labute approximate surface area is 121 Å². The maximum Gasteiger partial charge on any atom is 0.278 e. The van der Waals surface area contributed by atoms with Gasteiger partial charge in [0, 0.05) is 37.1 Å². The molecule has 0 bridgehead atoms. The van der Waals surface area contributed by atoms with Crippen molar-refractivity contribution in [3.05, 3.63) is 36.5 Å². The highest BCUT2D eigenvalue weighted by Crippen LogP contribution is 2.25. The molecule has 0 saturated carbocycles. The summed E-state index contributed by atoms with van der Waals surface area (Å²) in [5.74, 6) is 2.82. The quantitative estimate of drug-likeness (QED) is 0.722. The SMILES string of the molecule is CC1CCc2nc(-c3nc(-c4ccncc4)no3)cn2C1. The van der Waals surface area contributed by atoms with Gasteiger partial charge in [-0.2, -0.15) is 4.98 Å². The van der Waals surface area contributed by atoms with Gasteiger partial charge in [-0.25, -0.2) is 4.98 Å². The molecule has 1 aliphatic rings. The van der Waals surface area contributed by atoms with Crippen LogP contribution in [0.4, 0.5) is 0 Å². The van der Waals surface area contributed by atoms with E-state index in [4.69, 9.17) is 4.52 Å². The topological polar surface area (TPSA) is 69.6 Å². The Balaban J connectivity index is 1.67. The van der Waals surface area contributed by atoms with Crippen LogP contribution in [0.1, 0.15) is 19.2 Å². The predicted octanol–water partition coefficient (Wildman–Crippen LogP) is 2.58. The lowest BCUT2D eigenvalue weighted by molar-refractivity contribution is 0.394. The molecule has 3 aromatic rings. The van der Waals surface area contributed by atoms with E-state index in [1.54, 1.807) is 12.4 Å². The van der Waals surface area contributed by atoms with Crippen LogP contribution in [0.15, 0.2) is 35.2 Å². The zero-order valence-electron chi connectivity index (χ0n) is 11.7. The lowest BCUT2D eigenvalue weighted by Gasteiger charge is -2.19. The van der Waals surface area contributed by atoms with Gasteiger partial charge in [-0.3, -0.25) is 4.98 Å². The zero-order chi connectivity index (χ0) is 14.2. The van der Waals surface area contributed by atoms with Gasteiger partial charge in [-0.05, 0) is 24.5 Å². The lowest BCUT2D eigenvalue weighted by Crippen LogP contribution is -2.17. The van der Waals surface area contributed by atoms with Gasteiger partial charge in [-0.15, -0.1) is 0 Å². The van der Waals surface area contributed by atoms with Crippen molar-refractivity contribution >= 4 is 0 Å². The Morgan fingerprint density at radius 3 is 2.95 bits per heavy atom. The van der Waals surface area contributed by atoms with Crippen molar-refractivity contribution in [1.82, 2.24) is 24.7 Å². The Morgan fingerprint density at radius 2 is 2.10 bits per heavy atom. The fourth-order valence-electron chi connectivity index (χ4n) is 2.66. The summed E-state index contributed by atoms with van der Waals surface area (Å²) in [5, 5.41) is 4.02. The highest BCUT2D eigenvalue weighted by Gasteiger charge is 2.20. The van der Waals surface area contributed by atoms with Crippen molar-refractivity contribution in [2.75, 3.05) is 0 Å². The van der Waals surface area contributed by atoms with E-state index in [-0.39, 0.29) is 0 Å². The van der Waals surface area contributed by atoms with Crippen LogP contribution >= 0.6 is 0 Å². The molecule has 0 fully saturated rings. The van der Waals surface area contributed by atoms with Crippen molar-refractivity contribution < 1.29 is 4.52 Å². The molecule has 0 N–H and O–H groups in total. The predicted molar refractivity (Wildman–Crippen MR) is 76.2 cm³/mol. The maximum atomic E-state index is 5.35. The van der Waals surface area contributed by atoms with Crippen molar-refractivity contribution in [3.63, 3.8) is 0 Å². The van der Waals surface area contributed by atoms with Crippen molar-refractivity contribution in [2.45, 2.75) is 26.3 Å². The average Bonchev–Trinajstić information content (AvgIpc) is 3.14. The first-order chi connectivity index (χ1) is 10.3. The van der Waals surface area contributed by atoms with E-state index in [1.165, 1.54) is 6.42 Å². The van der Waals surface area contributed by atoms with E-state index >= 15 is 0 Å². The van der Waals surface area contributed by atoms with Gasteiger partial charge in [0.1, 0.15) is 11.5 Å². The minimum Gasteiger partial charge on any atom is -0.334 e. The number of fused-ring (bicyclic) bond motifs is 1. The van der Waals surface area contributed by atoms with E-state index in [2.05, 4.69) is 31.6 Å². The molecule has 3 aromatic heterocycles. The maximum absolute atomic E-state index is 5.35. The summed E-state index contributed by atoms with van der Waals surface area (Å²) in [6.07, 6.45) is 7.62. The second kappa shape index (κ2) is 4.80. The first kappa shape index (κ1) is 12.3. The van der Waals surface area contributed by atoms with Crippen LogP contribution in [0.2, 0.25) is 0 Å². The first-order valence-electron chi connectivity index (χ1n) is 7.10. The summed E-state index contributed by atoms with van der Waals surface area (Å²) < 4.78 is 7.55. The number of hydrogen-bond donors (Lipinski definition) is 0. The van der Waals surface area contributed by atoms with Crippen LogP contribution < -0.4 is 0 Å². The van der Waals surface area contributed by atoms with Crippen LogP contribution in [0, 0.1) is 5.92 Å². The van der Waals surface area contributed by atoms with Gasteiger partial charge in [-0.1, -0.05) is 12.1 Å². The number of pyridine rings is 1. The molecule has 0 amide bonds. The molecule has 1 aliphatic heterocycles. The van der Waals surface area contributed by atoms with Gasteiger partial charge in [0.05, 0.1) is 0 Å². The number of imidazole rings is 1. The second-order valence-corrected chi connectivity index (χ2v) is 5.50. The number of hydrogen-bond acceptors (Lipinski definition) is 5. The molecule has 21 heavy (non-hydrogen) atoms. The number of aromatic nitrogens is 5. The third kappa shape index (κ3) is 2.22. The van der Waals surface area contributed by atoms with E-state index in [9.17, 15) is 0 Å². The third-order valence-electron chi connectivity index (χ3n) is 3.81. The summed E-state index contributed by atoms with van der Waals surface area (Å²) >= 11 is 0. The van der Waals surface area contributed by atoms with Gasteiger partial charge in [0.15, 0.2) is 0 Å². The summed E-state index contributed by atoms with van der Waals surface area (Å²) in [7, 11) is 0. The third-order valence-corrected chi connectivity index (χ3v) is 3.81. The van der Waals surface area contributed by atoms with Crippen LogP contribution in [0.25, 0.3) is 23.0 Å². The molecular formula is C15H15N5O. The molecule has 0 radical (unpaired) electrons. The summed E-state index contributed by atoms with van der Waals surface area (Å²) in [4.78, 5) is 13.0. The Bertz CT molecular complexity index is 761. The molecular weight excluding hydrogens is 266 g/mol. The van der Waals surface area contributed by atoms with Crippen molar-refractivity contribution in [1.29, 1.82) is 0 Å². The molecule has 4 rings (SSSR count). The fourth-order valence-corrected chi connectivity index (χ4v) is 2.66. The lowest BCUT2D eigenvalue weighted by atomic mass is 10.0. The smallest absolute Gasteiger partial charge is 0.278 e. The molecule has 0 aromatic carbocycles. The number of nitrogens with zero attached hydrogens (tertiary/aromatic N) is 5. The molecule has 1 unspecified atom stereocenters. The standard InChI is InChI=1S/C15H15N5O/c1-10-2-3-13-17-12(9-20(13)8-10)15-18-14(19-21-15)11-4-6-16-7-5-11/h4-7,9-10H,2-3,8H2,1H3. The van der Waals surface area contributed by atoms with Gasteiger partial charge in [0.25, 0.3) is 5.89 Å². The minimum atomic E-state index is 0.469. The molecule has 1 atom stereocenters. The summed E-state index contributed by atoms with van der Waals surface area (Å²) in [5.41, 5.74) is 1.64. The van der Waals surface area contributed by atoms with Crippen LogP contribution in [-0.2, 0) is 13.0 Å². The molecule has 106 valence electrons. The molecule has 0 spiro atoms. The normalized spacial score (nSPS) is 17.7. The summed E-state index contributed by atoms with van der Waals surface area (Å²) in [6.45, 7) is 3.27. The average molecular weight is 281 g/mol.